The number of nitrogens with one attached hydrogen (secondary N) is 1. The molecule has 1 fully saturated rings. The molecule has 8 heteroatoms. The summed E-state index contributed by atoms with van der Waals surface area (Å²) in [6, 6.07) is 13.8. The van der Waals surface area contributed by atoms with Crippen molar-refractivity contribution in [3.8, 4) is 0 Å². The molecule has 4 rings (SSSR count). The molecule has 0 radical (unpaired) electrons. The van der Waals surface area contributed by atoms with Crippen LogP contribution in [0, 0.1) is 5.82 Å². The molecule has 0 atom stereocenters. The molecule has 1 saturated heterocycles. The lowest BCUT2D eigenvalue weighted by atomic mass is 10.0. The Labute approximate surface area is 184 Å². The summed E-state index contributed by atoms with van der Waals surface area (Å²) in [5.41, 5.74) is 2.65. The molecule has 1 aliphatic rings. The summed E-state index contributed by atoms with van der Waals surface area (Å²) in [6.07, 6.45) is 1.49. The molecule has 1 aliphatic heterocycles. The SMILES string of the molecule is CC(C)c1ccc(NC(=O)c2cnc(N3CCN(Cc4cccc(F)c4)C3=O)s2)cc1. The van der Waals surface area contributed by atoms with Crippen molar-refractivity contribution >= 4 is 34.1 Å². The highest BCUT2D eigenvalue weighted by Gasteiger charge is 2.31. The second-order valence-electron chi connectivity index (χ2n) is 7.72. The first-order chi connectivity index (χ1) is 14.9. The fourth-order valence-electron chi connectivity index (χ4n) is 3.40. The van der Waals surface area contributed by atoms with Crippen molar-refractivity contribution in [1.82, 2.24) is 9.88 Å². The lowest BCUT2D eigenvalue weighted by Crippen LogP contribution is -2.31. The number of hydrogen-bond acceptors (Lipinski definition) is 4. The Morgan fingerprint density at radius 1 is 1.19 bits per heavy atom. The molecule has 0 spiro atoms. The average molecular weight is 439 g/mol. The van der Waals surface area contributed by atoms with E-state index in [0.29, 0.717) is 41.2 Å². The molecule has 3 amide bonds. The van der Waals surface area contributed by atoms with E-state index in [-0.39, 0.29) is 17.8 Å². The number of urea groups is 1. The predicted octanol–water partition coefficient (Wildman–Crippen LogP) is 5.10. The molecule has 6 nitrogen and oxygen atoms in total. The predicted molar refractivity (Wildman–Crippen MR) is 120 cm³/mol. The van der Waals surface area contributed by atoms with E-state index in [1.165, 1.54) is 35.2 Å². The van der Waals surface area contributed by atoms with Gasteiger partial charge >= 0.3 is 6.03 Å². The van der Waals surface area contributed by atoms with Crippen LogP contribution in [0.15, 0.2) is 54.7 Å². The summed E-state index contributed by atoms with van der Waals surface area (Å²) in [5.74, 6) is -0.160. The smallest absolute Gasteiger partial charge is 0.321 e. The third kappa shape index (κ3) is 4.74. The van der Waals surface area contributed by atoms with E-state index in [1.807, 2.05) is 24.3 Å². The van der Waals surface area contributed by atoms with Crippen molar-refractivity contribution in [3.63, 3.8) is 0 Å². The van der Waals surface area contributed by atoms with E-state index in [2.05, 4.69) is 24.1 Å². The summed E-state index contributed by atoms with van der Waals surface area (Å²) in [4.78, 5) is 33.3. The van der Waals surface area contributed by atoms with Crippen molar-refractivity contribution in [2.24, 2.45) is 0 Å². The maximum atomic E-state index is 13.4. The topological polar surface area (TPSA) is 65.5 Å². The van der Waals surface area contributed by atoms with E-state index >= 15 is 0 Å². The van der Waals surface area contributed by atoms with Gasteiger partial charge in [-0.25, -0.2) is 14.2 Å². The monoisotopic (exact) mass is 438 g/mol. The number of amides is 3. The second kappa shape index (κ2) is 8.85. The average Bonchev–Trinajstić information content (AvgIpc) is 3.36. The van der Waals surface area contributed by atoms with Crippen molar-refractivity contribution in [2.45, 2.75) is 26.3 Å². The minimum atomic E-state index is -0.324. The van der Waals surface area contributed by atoms with Crippen molar-refractivity contribution < 1.29 is 14.0 Å². The van der Waals surface area contributed by atoms with Crippen LogP contribution in [0.5, 0.6) is 0 Å². The molecule has 2 aromatic carbocycles. The van der Waals surface area contributed by atoms with Crippen LogP contribution in [0.1, 0.15) is 40.6 Å². The van der Waals surface area contributed by atoms with Crippen LogP contribution in [0.4, 0.5) is 20.0 Å². The minimum absolute atomic E-state index is 0.199. The van der Waals surface area contributed by atoms with E-state index in [9.17, 15) is 14.0 Å². The van der Waals surface area contributed by atoms with Crippen molar-refractivity contribution in [2.75, 3.05) is 23.3 Å². The van der Waals surface area contributed by atoms with Crippen LogP contribution >= 0.6 is 11.3 Å². The fourth-order valence-corrected chi connectivity index (χ4v) is 4.23. The summed E-state index contributed by atoms with van der Waals surface area (Å²) in [5, 5.41) is 3.35. The van der Waals surface area contributed by atoms with Gasteiger partial charge in [-0.05, 0) is 41.3 Å². The summed E-state index contributed by atoms with van der Waals surface area (Å²) >= 11 is 1.18. The van der Waals surface area contributed by atoms with E-state index in [4.69, 9.17) is 0 Å². The zero-order valence-electron chi connectivity index (χ0n) is 17.3. The maximum Gasteiger partial charge on any atom is 0.326 e. The van der Waals surface area contributed by atoms with Crippen LogP contribution in [0.2, 0.25) is 0 Å². The molecule has 0 unspecified atom stereocenters. The Hall–Kier alpha value is -3.26. The zero-order chi connectivity index (χ0) is 22.0. The number of rotatable bonds is 6. The first-order valence-electron chi connectivity index (χ1n) is 10.1. The number of carbonyl (C=O) groups excluding carboxylic acids is 2. The number of carbonyl (C=O) groups is 2. The van der Waals surface area contributed by atoms with Crippen LogP contribution in [-0.2, 0) is 6.54 Å². The Morgan fingerprint density at radius 3 is 2.68 bits per heavy atom. The highest BCUT2D eigenvalue weighted by Crippen LogP contribution is 2.27. The highest BCUT2D eigenvalue weighted by molar-refractivity contribution is 7.17. The third-order valence-electron chi connectivity index (χ3n) is 5.14. The number of anilines is 2. The van der Waals surface area contributed by atoms with Gasteiger partial charge in [0.25, 0.3) is 5.91 Å². The Morgan fingerprint density at radius 2 is 1.97 bits per heavy atom. The van der Waals surface area contributed by atoms with Crippen molar-refractivity contribution in [1.29, 1.82) is 0 Å². The van der Waals surface area contributed by atoms with Gasteiger partial charge in [0.15, 0.2) is 5.13 Å². The largest absolute Gasteiger partial charge is 0.326 e. The van der Waals surface area contributed by atoms with Gasteiger partial charge in [0.2, 0.25) is 0 Å². The van der Waals surface area contributed by atoms with E-state index < -0.39 is 0 Å². The Bertz CT molecular complexity index is 1100. The van der Waals surface area contributed by atoms with Crippen LogP contribution in [0.3, 0.4) is 0 Å². The van der Waals surface area contributed by atoms with Gasteiger partial charge < -0.3 is 10.2 Å². The highest BCUT2D eigenvalue weighted by atomic mass is 32.1. The van der Waals surface area contributed by atoms with Gasteiger partial charge in [0.05, 0.1) is 6.20 Å². The first-order valence-corrected chi connectivity index (χ1v) is 10.9. The molecule has 160 valence electrons. The lowest BCUT2D eigenvalue weighted by molar-refractivity contribution is 0.103. The fraction of sp³-hybridized carbons (Fsp3) is 0.261. The summed E-state index contributed by atoms with van der Waals surface area (Å²) < 4.78 is 13.4. The van der Waals surface area contributed by atoms with Crippen LogP contribution in [0.25, 0.3) is 0 Å². The Kier molecular flexibility index (Phi) is 5.99. The van der Waals surface area contributed by atoms with Gasteiger partial charge in [-0.15, -0.1) is 0 Å². The number of halogens is 1. The molecule has 1 aromatic heterocycles. The zero-order valence-corrected chi connectivity index (χ0v) is 18.2. The summed E-state index contributed by atoms with van der Waals surface area (Å²) in [6.45, 7) is 5.55. The molecule has 2 heterocycles. The number of thiazole rings is 1. The summed E-state index contributed by atoms with van der Waals surface area (Å²) in [7, 11) is 0. The van der Waals surface area contributed by atoms with E-state index in [0.717, 1.165) is 5.56 Å². The van der Waals surface area contributed by atoms with Crippen LogP contribution < -0.4 is 10.2 Å². The molecule has 0 saturated carbocycles. The van der Waals surface area contributed by atoms with Gasteiger partial charge in [-0.3, -0.25) is 9.69 Å². The normalized spacial score (nSPS) is 13.9. The number of hydrogen-bond donors (Lipinski definition) is 1. The molecule has 0 bridgehead atoms. The first kappa shape index (κ1) is 21.0. The quantitative estimate of drug-likeness (QED) is 0.582. The molecular formula is C23H23FN4O2S. The number of aromatic nitrogens is 1. The molecule has 0 aliphatic carbocycles. The van der Waals surface area contributed by atoms with Gasteiger partial charge in [-0.1, -0.05) is 49.4 Å². The molecular weight excluding hydrogens is 415 g/mol. The van der Waals surface area contributed by atoms with Crippen molar-refractivity contribution in [3.05, 3.63) is 76.5 Å². The molecule has 31 heavy (non-hydrogen) atoms. The minimum Gasteiger partial charge on any atom is -0.321 e. The van der Waals surface area contributed by atoms with Gasteiger partial charge in [0.1, 0.15) is 10.7 Å². The van der Waals surface area contributed by atoms with Gasteiger partial charge in [0, 0.05) is 25.3 Å². The number of benzene rings is 2. The van der Waals surface area contributed by atoms with Crippen LogP contribution in [-0.4, -0.2) is 34.9 Å². The van der Waals surface area contributed by atoms with E-state index in [1.54, 1.807) is 21.9 Å². The molecule has 3 aromatic rings. The Balaban J connectivity index is 1.40. The molecule has 1 N–H and O–H groups in total. The van der Waals surface area contributed by atoms with Gasteiger partial charge in [-0.2, -0.15) is 0 Å². The number of nitrogens with zero attached hydrogens (tertiary/aromatic N) is 3. The maximum absolute atomic E-state index is 13.4. The standard InChI is InChI=1S/C23H23FN4O2S/c1-15(2)17-6-8-19(9-7-17)26-21(29)20-13-25-22(31-20)28-11-10-27(23(28)30)14-16-4-3-5-18(24)12-16/h3-9,12-13,15H,10-11,14H2,1-2H3,(H,26,29). The lowest BCUT2D eigenvalue weighted by Gasteiger charge is -2.17. The second-order valence-corrected chi connectivity index (χ2v) is 8.73. The third-order valence-corrected chi connectivity index (χ3v) is 6.16.